The Balaban J connectivity index is 1.98. The molecule has 0 bridgehead atoms. The molecule has 0 spiro atoms. The van der Waals surface area contributed by atoms with Crippen LogP contribution in [-0.4, -0.2) is 38.3 Å². The van der Waals surface area contributed by atoms with E-state index in [4.69, 9.17) is 14.7 Å². The number of methoxy groups -OCH3 is 2. The number of nitrogens with zero attached hydrogens (tertiary/aromatic N) is 2. The number of hydrogen-bond acceptors (Lipinski definition) is 4. The molecule has 0 saturated carbocycles. The molecule has 0 atom stereocenters. The predicted molar refractivity (Wildman–Crippen MR) is 73.0 cm³/mol. The van der Waals surface area contributed by atoms with E-state index in [9.17, 15) is 0 Å². The van der Waals surface area contributed by atoms with Crippen LogP contribution in [0.2, 0.25) is 0 Å². The van der Waals surface area contributed by atoms with Gasteiger partial charge in [-0.2, -0.15) is 5.26 Å². The van der Waals surface area contributed by atoms with Gasteiger partial charge in [-0.05, 0) is 30.5 Å². The van der Waals surface area contributed by atoms with Crippen LogP contribution in [-0.2, 0) is 11.3 Å². The fraction of sp³-hybridized carbons (Fsp3) is 0.533. The maximum atomic E-state index is 8.96. The smallest absolute Gasteiger partial charge is 0.136 e. The van der Waals surface area contributed by atoms with E-state index in [1.807, 2.05) is 18.2 Å². The summed E-state index contributed by atoms with van der Waals surface area (Å²) in [6, 6.07) is 7.93. The molecule has 0 radical (unpaired) electrons. The molecule has 0 aromatic heterocycles. The highest BCUT2D eigenvalue weighted by Crippen LogP contribution is 2.21. The van der Waals surface area contributed by atoms with Crippen LogP contribution < -0.4 is 4.74 Å². The minimum Gasteiger partial charge on any atom is -0.495 e. The normalized spacial score (nSPS) is 17.1. The van der Waals surface area contributed by atoms with Gasteiger partial charge in [0.2, 0.25) is 0 Å². The first-order valence-electron chi connectivity index (χ1n) is 6.59. The van der Waals surface area contributed by atoms with Crippen molar-refractivity contribution in [3.05, 3.63) is 29.3 Å². The molecule has 0 amide bonds. The number of benzene rings is 1. The summed E-state index contributed by atoms with van der Waals surface area (Å²) in [6.45, 7) is 3.01. The third kappa shape index (κ3) is 3.46. The lowest BCUT2D eigenvalue weighted by atomic mass is 10.1. The van der Waals surface area contributed by atoms with Gasteiger partial charge >= 0.3 is 0 Å². The SMILES string of the molecule is COc1cc(CN2CCC(OC)CC2)ccc1C#N. The molecular formula is C15H20N2O2. The van der Waals surface area contributed by atoms with E-state index in [1.165, 1.54) is 5.56 Å². The van der Waals surface area contributed by atoms with Crippen LogP contribution in [0.15, 0.2) is 18.2 Å². The van der Waals surface area contributed by atoms with Crippen molar-refractivity contribution in [3.8, 4) is 11.8 Å². The monoisotopic (exact) mass is 260 g/mol. The summed E-state index contributed by atoms with van der Waals surface area (Å²) in [4.78, 5) is 2.41. The standard InChI is InChI=1S/C15H20N2O2/c1-18-14-5-7-17(8-6-14)11-12-3-4-13(10-16)15(9-12)19-2/h3-4,9,14H,5-8,11H2,1-2H3. The average Bonchev–Trinajstić information content (AvgIpc) is 2.48. The number of hydrogen-bond donors (Lipinski definition) is 0. The second kappa shape index (κ2) is 6.55. The number of nitriles is 1. The predicted octanol–water partition coefficient (Wildman–Crippen LogP) is 2.18. The largest absolute Gasteiger partial charge is 0.495 e. The molecule has 1 aromatic carbocycles. The quantitative estimate of drug-likeness (QED) is 0.832. The maximum Gasteiger partial charge on any atom is 0.136 e. The first-order valence-corrected chi connectivity index (χ1v) is 6.59. The van der Waals surface area contributed by atoms with Gasteiger partial charge in [-0.1, -0.05) is 6.07 Å². The summed E-state index contributed by atoms with van der Waals surface area (Å²) >= 11 is 0. The van der Waals surface area contributed by atoms with Gasteiger partial charge in [0, 0.05) is 26.7 Å². The second-order valence-corrected chi connectivity index (χ2v) is 4.86. The molecule has 1 aliphatic rings. The lowest BCUT2D eigenvalue weighted by Gasteiger charge is -2.31. The maximum absolute atomic E-state index is 8.96. The third-order valence-corrected chi connectivity index (χ3v) is 3.66. The van der Waals surface area contributed by atoms with Gasteiger partial charge in [-0.25, -0.2) is 0 Å². The Labute approximate surface area is 114 Å². The molecule has 4 nitrogen and oxygen atoms in total. The Morgan fingerprint density at radius 1 is 1.32 bits per heavy atom. The highest BCUT2D eigenvalue weighted by molar-refractivity contribution is 5.45. The van der Waals surface area contributed by atoms with Crippen LogP contribution >= 0.6 is 0 Å². The van der Waals surface area contributed by atoms with Crippen molar-refractivity contribution < 1.29 is 9.47 Å². The van der Waals surface area contributed by atoms with Crippen molar-refractivity contribution in [2.75, 3.05) is 27.3 Å². The fourth-order valence-electron chi connectivity index (χ4n) is 2.49. The molecule has 1 aliphatic heterocycles. The van der Waals surface area contributed by atoms with E-state index in [2.05, 4.69) is 11.0 Å². The van der Waals surface area contributed by atoms with E-state index in [0.29, 0.717) is 17.4 Å². The number of piperidine rings is 1. The molecule has 19 heavy (non-hydrogen) atoms. The molecule has 1 saturated heterocycles. The zero-order chi connectivity index (χ0) is 13.7. The van der Waals surface area contributed by atoms with Gasteiger partial charge in [0.05, 0.1) is 18.8 Å². The minimum atomic E-state index is 0.409. The zero-order valence-corrected chi connectivity index (χ0v) is 11.6. The van der Waals surface area contributed by atoms with Crippen LogP contribution in [0.1, 0.15) is 24.0 Å². The molecule has 1 fully saturated rings. The zero-order valence-electron chi connectivity index (χ0n) is 11.6. The Morgan fingerprint density at radius 3 is 2.63 bits per heavy atom. The fourth-order valence-corrected chi connectivity index (χ4v) is 2.49. The van der Waals surface area contributed by atoms with E-state index in [1.54, 1.807) is 14.2 Å². The molecule has 1 heterocycles. The summed E-state index contributed by atoms with van der Waals surface area (Å²) in [5.74, 6) is 0.659. The highest BCUT2D eigenvalue weighted by atomic mass is 16.5. The van der Waals surface area contributed by atoms with Gasteiger partial charge < -0.3 is 9.47 Å². The van der Waals surface area contributed by atoms with Crippen molar-refractivity contribution in [2.24, 2.45) is 0 Å². The van der Waals surface area contributed by atoms with Crippen molar-refractivity contribution in [3.63, 3.8) is 0 Å². The summed E-state index contributed by atoms with van der Waals surface area (Å²) in [7, 11) is 3.38. The minimum absolute atomic E-state index is 0.409. The Kier molecular flexibility index (Phi) is 4.78. The highest BCUT2D eigenvalue weighted by Gasteiger charge is 2.18. The van der Waals surface area contributed by atoms with Gasteiger partial charge in [0.1, 0.15) is 11.8 Å². The number of likely N-dealkylation sites (tertiary alicyclic amines) is 1. The summed E-state index contributed by atoms with van der Waals surface area (Å²) < 4.78 is 10.6. The van der Waals surface area contributed by atoms with E-state index in [0.717, 1.165) is 32.5 Å². The molecule has 0 N–H and O–H groups in total. The van der Waals surface area contributed by atoms with Crippen LogP contribution in [0.3, 0.4) is 0 Å². The molecule has 0 unspecified atom stereocenters. The van der Waals surface area contributed by atoms with Crippen molar-refractivity contribution in [1.82, 2.24) is 4.90 Å². The topological polar surface area (TPSA) is 45.5 Å². The van der Waals surface area contributed by atoms with Gasteiger partial charge in [-0.3, -0.25) is 4.90 Å². The molecule has 0 aliphatic carbocycles. The first-order chi connectivity index (χ1) is 9.26. The van der Waals surface area contributed by atoms with Gasteiger partial charge in [-0.15, -0.1) is 0 Å². The average molecular weight is 260 g/mol. The molecule has 1 aromatic rings. The van der Waals surface area contributed by atoms with Crippen molar-refractivity contribution in [2.45, 2.75) is 25.5 Å². The molecule has 102 valence electrons. The van der Waals surface area contributed by atoms with E-state index < -0.39 is 0 Å². The lowest BCUT2D eigenvalue weighted by molar-refractivity contribution is 0.0388. The number of rotatable bonds is 4. The summed E-state index contributed by atoms with van der Waals surface area (Å²) in [5, 5.41) is 8.96. The van der Waals surface area contributed by atoms with Gasteiger partial charge in [0.25, 0.3) is 0 Å². The van der Waals surface area contributed by atoms with E-state index >= 15 is 0 Å². The van der Waals surface area contributed by atoms with Crippen molar-refractivity contribution in [1.29, 1.82) is 5.26 Å². The molecular weight excluding hydrogens is 240 g/mol. The number of ether oxygens (including phenoxy) is 2. The summed E-state index contributed by atoms with van der Waals surface area (Å²) in [5.41, 5.74) is 1.77. The van der Waals surface area contributed by atoms with Crippen molar-refractivity contribution >= 4 is 0 Å². The van der Waals surface area contributed by atoms with Crippen LogP contribution in [0.5, 0.6) is 5.75 Å². The van der Waals surface area contributed by atoms with E-state index in [-0.39, 0.29) is 0 Å². The van der Waals surface area contributed by atoms with Crippen LogP contribution in [0, 0.1) is 11.3 Å². The van der Waals surface area contributed by atoms with Gasteiger partial charge in [0.15, 0.2) is 0 Å². The van der Waals surface area contributed by atoms with Crippen LogP contribution in [0.25, 0.3) is 0 Å². The second-order valence-electron chi connectivity index (χ2n) is 4.86. The Bertz CT molecular complexity index is 460. The Hall–Kier alpha value is -1.57. The van der Waals surface area contributed by atoms with Crippen LogP contribution in [0.4, 0.5) is 0 Å². The molecule has 4 heteroatoms. The lowest BCUT2D eigenvalue weighted by Crippen LogP contribution is -2.36. The molecule has 2 rings (SSSR count). The first kappa shape index (κ1) is 13.9. The summed E-state index contributed by atoms with van der Waals surface area (Å²) in [6.07, 6.45) is 2.58. The third-order valence-electron chi connectivity index (χ3n) is 3.66. The Morgan fingerprint density at radius 2 is 2.05 bits per heavy atom.